The summed E-state index contributed by atoms with van der Waals surface area (Å²) in [4.78, 5) is 8.09. The number of nitrogens with one attached hydrogen (secondary N) is 1. The van der Waals surface area contributed by atoms with Gasteiger partial charge in [0.15, 0.2) is 0 Å². The third-order valence-corrected chi connectivity index (χ3v) is 2.36. The maximum Gasteiger partial charge on any atom is 0.225 e. The molecule has 1 rings (SSSR count). The molecule has 1 unspecified atom stereocenters. The number of nitrogens with two attached hydrogens (primary N) is 1. The second-order valence-corrected chi connectivity index (χ2v) is 4.92. The van der Waals surface area contributed by atoms with Crippen molar-refractivity contribution < 1.29 is 5.11 Å². The molecule has 16 heavy (non-hydrogen) atoms. The molecule has 0 fully saturated rings. The first kappa shape index (κ1) is 13.2. The van der Waals surface area contributed by atoms with E-state index in [9.17, 15) is 5.11 Å². The molecule has 0 aromatic carbocycles. The average Bonchev–Trinajstić information content (AvgIpc) is 2.12. The Kier molecular flexibility index (Phi) is 4.95. The number of halogens is 1. The zero-order valence-corrected chi connectivity index (χ0v) is 11.0. The highest BCUT2D eigenvalue weighted by Gasteiger charge is 2.08. The predicted molar refractivity (Wildman–Crippen MR) is 68.1 cm³/mol. The van der Waals surface area contributed by atoms with Gasteiger partial charge in [-0.15, -0.1) is 0 Å². The van der Waals surface area contributed by atoms with Crippen LogP contribution < -0.4 is 11.1 Å². The van der Waals surface area contributed by atoms with Gasteiger partial charge in [-0.1, -0.05) is 13.8 Å². The van der Waals surface area contributed by atoms with Crippen molar-refractivity contribution in [1.29, 1.82) is 0 Å². The van der Waals surface area contributed by atoms with E-state index in [1.165, 1.54) is 0 Å². The maximum atomic E-state index is 9.66. The van der Waals surface area contributed by atoms with Gasteiger partial charge < -0.3 is 16.2 Å². The number of aliphatic hydroxyl groups excluding tert-OH is 1. The van der Waals surface area contributed by atoms with Gasteiger partial charge in [-0.2, -0.15) is 4.98 Å². The van der Waals surface area contributed by atoms with Crippen molar-refractivity contribution in [3.05, 3.63) is 10.7 Å². The highest BCUT2D eigenvalue weighted by atomic mass is 79.9. The lowest BCUT2D eigenvalue weighted by Crippen LogP contribution is -2.22. The van der Waals surface area contributed by atoms with Gasteiger partial charge in [0, 0.05) is 12.6 Å². The Morgan fingerprint density at radius 3 is 2.75 bits per heavy atom. The van der Waals surface area contributed by atoms with E-state index in [4.69, 9.17) is 5.73 Å². The van der Waals surface area contributed by atoms with E-state index >= 15 is 0 Å². The van der Waals surface area contributed by atoms with Gasteiger partial charge in [0.1, 0.15) is 10.4 Å². The number of aromatic nitrogens is 2. The van der Waals surface area contributed by atoms with Crippen molar-refractivity contribution in [2.24, 2.45) is 5.92 Å². The van der Waals surface area contributed by atoms with Crippen LogP contribution in [0, 0.1) is 5.92 Å². The topological polar surface area (TPSA) is 84.1 Å². The molecule has 5 nitrogen and oxygen atoms in total. The van der Waals surface area contributed by atoms with Gasteiger partial charge in [-0.25, -0.2) is 4.98 Å². The first-order valence-corrected chi connectivity index (χ1v) is 5.98. The molecule has 0 saturated carbocycles. The number of hydrogen-bond donors (Lipinski definition) is 3. The quantitative estimate of drug-likeness (QED) is 0.718. The molecule has 0 aliphatic rings. The predicted octanol–water partition coefficient (Wildman–Crippen LogP) is 1.64. The molecule has 1 aromatic rings. The molecule has 0 aliphatic carbocycles. The van der Waals surface area contributed by atoms with Crippen LogP contribution in [0.1, 0.15) is 20.3 Å². The Morgan fingerprint density at radius 2 is 2.19 bits per heavy atom. The molecule has 0 saturated heterocycles. The van der Waals surface area contributed by atoms with Crippen molar-refractivity contribution in [2.45, 2.75) is 26.4 Å². The Hall–Kier alpha value is -0.880. The monoisotopic (exact) mass is 288 g/mol. The minimum atomic E-state index is -0.399. The maximum absolute atomic E-state index is 9.66. The van der Waals surface area contributed by atoms with Gasteiger partial charge >= 0.3 is 0 Å². The second-order valence-electron chi connectivity index (χ2n) is 4.10. The fourth-order valence-corrected chi connectivity index (χ4v) is 1.75. The van der Waals surface area contributed by atoms with Crippen LogP contribution in [0.3, 0.4) is 0 Å². The van der Waals surface area contributed by atoms with Gasteiger partial charge in [0.25, 0.3) is 0 Å². The first-order valence-electron chi connectivity index (χ1n) is 5.19. The summed E-state index contributed by atoms with van der Waals surface area (Å²) in [6.07, 6.45) is 0.347. The average molecular weight is 289 g/mol. The zero-order chi connectivity index (χ0) is 12.1. The van der Waals surface area contributed by atoms with E-state index in [1.807, 2.05) is 0 Å². The summed E-state index contributed by atoms with van der Waals surface area (Å²) in [5.74, 6) is 1.28. The van der Waals surface area contributed by atoms with E-state index in [1.54, 1.807) is 6.07 Å². The fourth-order valence-electron chi connectivity index (χ4n) is 1.35. The molecule has 0 spiro atoms. The van der Waals surface area contributed by atoms with Crippen LogP contribution in [0.15, 0.2) is 10.7 Å². The minimum absolute atomic E-state index is 0.391. The van der Waals surface area contributed by atoms with E-state index in [0.29, 0.717) is 28.8 Å². The molecular weight excluding hydrogens is 272 g/mol. The van der Waals surface area contributed by atoms with Gasteiger partial charge in [-0.3, -0.25) is 0 Å². The minimum Gasteiger partial charge on any atom is -0.391 e. The van der Waals surface area contributed by atoms with Crippen molar-refractivity contribution in [2.75, 3.05) is 17.6 Å². The van der Waals surface area contributed by atoms with Crippen molar-refractivity contribution in [1.82, 2.24) is 9.97 Å². The Labute approximate surface area is 104 Å². The van der Waals surface area contributed by atoms with Crippen LogP contribution in [-0.4, -0.2) is 27.7 Å². The number of aliphatic hydroxyl groups is 1. The number of anilines is 2. The lowest BCUT2D eigenvalue weighted by Gasteiger charge is -2.13. The Morgan fingerprint density at radius 1 is 1.50 bits per heavy atom. The molecule has 90 valence electrons. The SMILES string of the molecule is CC(C)CC(O)CNc1nc(N)cc(Br)n1. The summed E-state index contributed by atoms with van der Waals surface area (Å²) < 4.78 is 0.626. The molecule has 4 N–H and O–H groups in total. The number of nitrogens with zero attached hydrogens (tertiary/aromatic N) is 2. The van der Waals surface area contributed by atoms with E-state index in [0.717, 1.165) is 6.42 Å². The van der Waals surface area contributed by atoms with Crippen LogP contribution in [0.5, 0.6) is 0 Å². The number of hydrogen-bond acceptors (Lipinski definition) is 5. The molecule has 0 radical (unpaired) electrons. The van der Waals surface area contributed by atoms with E-state index < -0.39 is 6.10 Å². The molecule has 0 bridgehead atoms. The highest BCUT2D eigenvalue weighted by Crippen LogP contribution is 2.12. The number of nitrogen functional groups attached to an aromatic ring is 1. The van der Waals surface area contributed by atoms with Crippen molar-refractivity contribution in [3.63, 3.8) is 0 Å². The van der Waals surface area contributed by atoms with Crippen LogP contribution in [-0.2, 0) is 0 Å². The van der Waals surface area contributed by atoms with E-state index in [2.05, 4.69) is 45.1 Å². The third kappa shape index (κ3) is 4.76. The lowest BCUT2D eigenvalue weighted by atomic mass is 10.1. The fraction of sp³-hybridized carbons (Fsp3) is 0.600. The first-order chi connectivity index (χ1) is 7.47. The molecule has 0 aliphatic heterocycles. The van der Waals surface area contributed by atoms with Crippen molar-refractivity contribution >= 4 is 27.7 Å². The smallest absolute Gasteiger partial charge is 0.225 e. The van der Waals surface area contributed by atoms with Gasteiger partial charge in [-0.05, 0) is 28.3 Å². The largest absolute Gasteiger partial charge is 0.391 e. The number of rotatable bonds is 5. The summed E-state index contributed by atoms with van der Waals surface area (Å²) >= 11 is 3.23. The van der Waals surface area contributed by atoms with Crippen molar-refractivity contribution in [3.8, 4) is 0 Å². The van der Waals surface area contributed by atoms with Crippen LogP contribution >= 0.6 is 15.9 Å². The van der Waals surface area contributed by atoms with Crippen LogP contribution in [0.25, 0.3) is 0 Å². The third-order valence-electron chi connectivity index (χ3n) is 1.95. The van der Waals surface area contributed by atoms with Crippen LogP contribution in [0.4, 0.5) is 11.8 Å². The lowest BCUT2D eigenvalue weighted by molar-refractivity contribution is 0.161. The Bertz CT molecular complexity index is 325. The van der Waals surface area contributed by atoms with Gasteiger partial charge in [0.2, 0.25) is 5.95 Å². The summed E-state index contributed by atoms with van der Waals surface area (Å²) in [6, 6.07) is 1.62. The molecule has 0 amide bonds. The highest BCUT2D eigenvalue weighted by molar-refractivity contribution is 9.10. The summed E-state index contributed by atoms with van der Waals surface area (Å²) in [7, 11) is 0. The Balaban J connectivity index is 2.48. The molecule has 6 heteroatoms. The molecular formula is C10H17BrN4O. The van der Waals surface area contributed by atoms with E-state index in [-0.39, 0.29) is 0 Å². The molecule has 1 aromatic heterocycles. The second kappa shape index (κ2) is 6.00. The van der Waals surface area contributed by atoms with Crippen LogP contribution in [0.2, 0.25) is 0 Å². The standard InChI is InChI=1S/C10H17BrN4O/c1-6(2)3-7(16)5-13-10-14-8(11)4-9(12)15-10/h4,6-7,16H,3,5H2,1-2H3,(H3,12,13,14,15). The summed E-state index contributed by atoms with van der Waals surface area (Å²) in [5.41, 5.74) is 5.56. The zero-order valence-electron chi connectivity index (χ0n) is 9.44. The summed E-state index contributed by atoms with van der Waals surface area (Å²) in [6.45, 7) is 4.56. The molecule has 1 atom stereocenters. The van der Waals surface area contributed by atoms with Gasteiger partial charge in [0.05, 0.1) is 6.10 Å². The summed E-state index contributed by atoms with van der Waals surface area (Å²) in [5, 5.41) is 12.6. The molecule has 1 heterocycles. The normalized spacial score (nSPS) is 12.8.